The Kier molecular flexibility index (Phi) is 4.88. The van der Waals surface area contributed by atoms with Crippen molar-refractivity contribution in [1.82, 2.24) is 0 Å². The summed E-state index contributed by atoms with van der Waals surface area (Å²) in [5.74, 6) is 0. The van der Waals surface area contributed by atoms with Gasteiger partial charge >= 0.3 is 0 Å². The molecule has 0 unspecified atom stereocenters. The fourth-order valence-corrected chi connectivity index (χ4v) is 2.38. The van der Waals surface area contributed by atoms with E-state index in [1.54, 1.807) is 0 Å². The molecule has 2 aliphatic carbocycles. The van der Waals surface area contributed by atoms with Crippen molar-refractivity contribution in [3.05, 3.63) is 36.0 Å². The minimum absolute atomic E-state index is 0.544. The Morgan fingerprint density at radius 1 is 1.12 bits per heavy atom. The first-order valence-electron chi connectivity index (χ1n) is 6.59. The molecule has 2 aliphatic rings. The number of allylic oxidation sites excluding steroid dienone is 5. The quantitative estimate of drug-likeness (QED) is 0.688. The zero-order valence-corrected chi connectivity index (χ0v) is 10.0. The van der Waals surface area contributed by atoms with Gasteiger partial charge in [0.1, 0.15) is 0 Å². The van der Waals surface area contributed by atoms with Gasteiger partial charge in [-0.2, -0.15) is 0 Å². The predicted molar refractivity (Wildman–Crippen MR) is 68.4 cm³/mol. The SMILES string of the molecule is C1=CCC=C(CCOC2CCCCC2)C=C1. The van der Waals surface area contributed by atoms with Crippen LogP contribution in [0.5, 0.6) is 0 Å². The van der Waals surface area contributed by atoms with Gasteiger partial charge in [0.15, 0.2) is 0 Å². The van der Waals surface area contributed by atoms with Crippen molar-refractivity contribution in [2.45, 2.75) is 51.0 Å². The second-order valence-electron chi connectivity index (χ2n) is 4.68. The zero-order chi connectivity index (χ0) is 11.1. The summed E-state index contributed by atoms with van der Waals surface area (Å²) in [6, 6.07) is 0. The van der Waals surface area contributed by atoms with Gasteiger partial charge in [0, 0.05) is 0 Å². The van der Waals surface area contributed by atoms with Crippen LogP contribution in [0.15, 0.2) is 36.0 Å². The fraction of sp³-hybridized carbons (Fsp3) is 0.600. The zero-order valence-electron chi connectivity index (χ0n) is 10.0. The maximum Gasteiger partial charge on any atom is 0.0575 e. The molecule has 16 heavy (non-hydrogen) atoms. The highest BCUT2D eigenvalue weighted by atomic mass is 16.5. The Bertz CT molecular complexity index is 280. The maximum absolute atomic E-state index is 5.93. The van der Waals surface area contributed by atoms with E-state index in [-0.39, 0.29) is 0 Å². The summed E-state index contributed by atoms with van der Waals surface area (Å²) in [5.41, 5.74) is 1.42. The van der Waals surface area contributed by atoms with Gasteiger partial charge in [0.25, 0.3) is 0 Å². The molecule has 2 rings (SSSR count). The summed E-state index contributed by atoms with van der Waals surface area (Å²) >= 11 is 0. The van der Waals surface area contributed by atoms with Crippen LogP contribution < -0.4 is 0 Å². The summed E-state index contributed by atoms with van der Waals surface area (Å²) < 4.78 is 5.93. The second-order valence-corrected chi connectivity index (χ2v) is 4.68. The van der Waals surface area contributed by atoms with E-state index >= 15 is 0 Å². The Hall–Kier alpha value is -0.820. The van der Waals surface area contributed by atoms with Crippen LogP contribution >= 0.6 is 0 Å². The van der Waals surface area contributed by atoms with Gasteiger partial charge in [-0.05, 0) is 31.3 Å². The van der Waals surface area contributed by atoms with E-state index in [2.05, 4.69) is 30.4 Å². The summed E-state index contributed by atoms with van der Waals surface area (Å²) in [6.45, 7) is 0.890. The molecule has 1 heteroatoms. The largest absolute Gasteiger partial charge is 0.378 e. The second kappa shape index (κ2) is 6.70. The summed E-state index contributed by atoms with van der Waals surface area (Å²) in [5, 5.41) is 0. The first-order chi connectivity index (χ1) is 7.95. The van der Waals surface area contributed by atoms with E-state index in [1.165, 1.54) is 37.7 Å². The standard InChI is InChI=1S/C15H22O/c1-2-5-9-14(8-4-1)12-13-16-15-10-6-3-7-11-15/h1-2,4,8-9,15H,3,5-7,10-13H2. The maximum atomic E-state index is 5.93. The topological polar surface area (TPSA) is 9.23 Å². The third kappa shape index (κ3) is 3.97. The summed E-state index contributed by atoms with van der Waals surface area (Å²) in [6.07, 6.45) is 20.3. The minimum atomic E-state index is 0.544. The molecule has 1 saturated carbocycles. The van der Waals surface area contributed by atoms with Crippen molar-refractivity contribution in [3.8, 4) is 0 Å². The van der Waals surface area contributed by atoms with Gasteiger partial charge in [0.05, 0.1) is 12.7 Å². The molecule has 0 radical (unpaired) electrons. The van der Waals surface area contributed by atoms with Crippen molar-refractivity contribution < 1.29 is 4.74 Å². The normalized spacial score (nSPS) is 21.9. The molecule has 0 N–H and O–H groups in total. The highest BCUT2D eigenvalue weighted by molar-refractivity contribution is 5.26. The smallest absolute Gasteiger partial charge is 0.0575 e. The van der Waals surface area contributed by atoms with Crippen molar-refractivity contribution in [2.75, 3.05) is 6.61 Å². The summed E-state index contributed by atoms with van der Waals surface area (Å²) in [7, 11) is 0. The summed E-state index contributed by atoms with van der Waals surface area (Å²) in [4.78, 5) is 0. The number of rotatable bonds is 4. The van der Waals surface area contributed by atoms with Crippen LogP contribution in [0.25, 0.3) is 0 Å². The first-order valence-corrected chi connectivity index (χ1v) is 6.59. The van der Waals surface area contributed by atoms with Crippen molar-refractivity contribution in [3.63, 3.8) is 0 Å². The molecular formula is C15H22O. The minimum Gasteiger partial charge on any atom is -0.378 e. The lowest BCUT2D eigenvalue weighted by Gasteiger charge is -2.22. The van der Waals surface area contributed by atoms with Crippen molar-refractivity contribution >= 4 is 0 Å². The molecule has 88 valence electrons. The van der Waals surface area contributed by atoms with Crippen LogP contribution in [0, 0.1) is 0 Å². The molecule has 1 nitrogen and oxygen atoms in total. The van der Waals surface area contributed by atoms with Crippen LogP contribution in [0.1, 0.15) is 44.9 Å². The van der Waals surface area contributed by atoms with Crippen LogP contribution in [-0.2, 0) is 4.74 Å². The van der Waals surface area contributed by atoms with E-state index in [0.717, 1.165) is 19.4 Å². The van der Waals surface area contributed by atoms with Crippen LogP contribution in [-0.4, -0.2) is 12.7 Å². The molecule has 0 amide bonds. The van der Waals surface area contributed by atoms with Gasteiger partial charge in [-0.1, -0.05) is 49.6 Å². The molecule has 0 bridgehead atoms. The van der Waals surface area contributed by atoms with Crippen LogP contribution in [0.4, 0.5) is 0 Å². The lowest BCUT2D eigenvalue weighted by Crippen LogP contribution is -2.17. The van der Waals surface area contributed by atoms with Gasteiger partial charge in [-0.15, -0.1) is 0 Å². The lowest BCUT2D eigenvalue weighted by atomic mass is 9.98. The Morgan fingerprint density at radius 2 is 2.00 bits per heavy atom. The highest BCUT2D eigenvalue weighted by Crippen LogP contribution is 2.21. The number of ether oxygens (including phenoxy) is 1. The van der Waals surface area contributed by atoms with Crippen molar-refractivity contribution in [2.24, 2.45) is 0 Å². The van der Waals surface area contributed by atoms with Gasteiger partial charge in [-0.25, -0.2) is 0 Å². The van der Waals surface area contributed by atoms with Gasteiger partial charge in [-0.3, -0.25) is 0 Å². The van der Waals surface area contributed by atoms with E-state index < -0.39 is 0 Å². The molecule has 0 aliphatic heterocycles. The molecule has 0 atom stereocenters. The van der Waals surface area contributed by atoms with E-state index in [1.807, 2.05) is 0 Å². The Labute approximate surface area is 98.9 Å². The molecule has 0 heterocycles. The highest BCUT2D eigenvalue weighted by Gasteiger charge is 2.13. The first kappa shape index (κ1) is 11.7. The van der Waals surface area contributed by atoms with Gasteiger partial charge in [0.2, 0.25) is 0 Å². The molecule has 0 aromatic heterocycles. The van der Waals surface area contributed by atoms with Crippen LogP contribution in [0.2, 0.25) is 0 Å². The van der Waals surface area contributed by atoms with Gasteiger partial charge < -0.3 is 4.74 Å². The van der Waals surface area contributed by atoms with E-state index in [0.29, 0.717) is 6.10 Å². The van der Waals surface area contributed by atoms with E-state index in [9.17, 15) is 0 Å². The lowest BCUT2D eigenvalue weighted by molar-refractivity contribution is 0.0306. The molecule has 1 fully saturated rings. The average Bonchev–Trinajstić information content (AvgIpc) is 2.59. The number of hydrogen-bond donors (Lipinski definition) is 0. The third-order valence-electron chi connectivity index (χ3n) is 3.37. The molecule has 0 aromatic carbocycles. The predicted octanol–water partition coefficient (Wildman–Crippen LogP) is 4.17. The Morgan fingerprint density at radius 3 is 2.88 bits per heavy atom. The molecule has 0 aromatic rings. The average molecular weight is 218 g/mol. The van der Waals surface area contributed by atoms with Crippen LogP contribution in [0.3, 0.4) is 0 Å². The van der Waals surface area contributed by atoms with E-state index in [4.69, 9.17) is 4.74 Å². The fourth-order valence-electron chi connectivity index (χ4n) is 2.38. The third-order valence-corrected chi connectivity index (χ3v) is 3.37. The molecule has 0 saturated heterocycles. The Balaban J connectivity index is 1.65. The molecular weight excluding hydrogens is 196 g/mol. The molecule has 0 spiro atoms. The van der Waals surface area contributed by atoms with Crippen molar-refractivity contribution in [1.29, 1.82) is 0 Å². The monoisotopic (exact) mass is 218 g/mol. The number of hydrogen-bond acceptors (Lipinski definition) is 1.